The van der Waals surface area contributed by atoms with E-state index in [1.54, 1.807) is 6.07 Å². The zero-order valence-corrected chi connectivity index (χ0v) is 20.1. The largest absolute Gasteiger partial charge is 0.305 e. The van der Waals surface area contributed by atoms with Crippen LogP contribution in [-0.4, -0.2) is 91.0 Å². The van der Waals surface area contributed by atoms with Gasteiger partial charge in [0.05, 0.1) is 10.5 Å². The van der Waals surface area contributed by atoms with Gasteiger partial charge >= 0.3 is 0 Å². The van der Waals surface area contributed by atoms with Crippen molar-refractivity contribution in [2.75, 3.05) is 66.5 Å². The summed E-state index contributed by atoms with van der Waals surface area (Å²) in [6.07, 6.45) is 2.33. The van der Waals surface area contributed by atoms with Gasteiger partial charge in [-0.25, -0.2) is 0 Å². The monoisotopic (exact) mass is 451 g/mol. The highest BCUT2D eigenvalue weighted by molar-refractivity contribution is 5.74. The molecule has 2 aliphatic rings. The summed E-state index contributed by atoms with van der Waals surface area (Å²) in [5, 5.41) is 11.9. The molecule has 2 aromatic carbocycles. The Hall–Kier alpha value is -2.32. The molecule has 2 heterocycles. The fourth-order valence-electron chi connectivity index (χ4n) is 4.89. The van der Waals surface area contributed by atoms with E-state index in [0.717, 1.165) is 83.0 Å². The molecule has 0 N–H and O–H groups in total. The molecule has 0 atom stereocenters. The fraction of sp³-hybridized carbons (Fsp3) is 0.538. The van der Waals surface area contributed by atoms with Gasteiger partial charge in [0.15, 0.2) is 0 Å². The molecular formula is C26H37N5O2. The van der Waals surface area contributed by atoms with E-state index in [0.29, 0.717) is 5.56 Å². The smallest absolute Gasteiger partial charge is 0.277 e. The summed E-state index contributed by atoms with van der Waals surface area (Å²) in [5.74, 6) is 0. The molecule has 7 nitrogen and oxygen atoms in total. The van der Waals surface area contributed by atoms with E-state index in [9.17, 15) is 10.1 Å². The quantitative estimate of drug-likeness (QED) is 0.495. The Morgan fingerprint density at radius 2 is 1.27 bits per heavy atom. The Morgan fingerprint density at radius 3 is 1.85 bits per heavy atom. The van der Waals surface area contributed by atoms with Gasteiger partial charge in [-0.15, -0.1) is 0 Å². The van der Waals surface area contributed by atoms with Crippen LogP contribution in [0.1, 0.15) is 24.0 Å². The Kier molecular flexibility index (Phi) is 8.09. The highest BCUT2D eigenvalue weighted by Crippen LogP contribution is 2.31. The van der Waals surface area contributed by atoms with Crippen LogP contribution in [-0.2, 0) is 13.1 Å². The van der Waals surface area contributed by atoms with Crippen LogP contribution >= 0.6 is 0 Å². The summed E-state index contributed by atoms with van der Waals surface area (Å²) >= 11 is 0. The summed E-state index contributed by atoms with van der Waals surface area (Å²) in [6, 6.07) is 14.1. The lowest BCUT2D eigenvalue weighted by Gasteiger charge is -2.20. The standard InChI is InChI=1S/C26H37N5O2/c1-27-11-3-13-29(17-15-27)20-22-5-8-24(9-6-22)25-10-7-23(19-26(25)31(32)33)21-30-14-4-12-28(2)16-18-30/h5-10,19H,3-4,11-18,20-21H2,1-2H3. The van der Waals surface area contributed by atoms with E-state index in [2.05, 4.69) is 51.9 Å². The van der Waals surface area contributed by atoms with Crippen LogP contribution < -0.4 is 0 Å². The first-order valence-corrected chi connectivity index (χ1v) is 12.2. The van der Waals surface area contributed by atoms with Crippen molar-refractivity contribution in [3.05, 3.63) is 63.7 Å². The second kappa shape index (κ2) is 11.2. The molecule has 0 amide bonds. The molecule has 2 fully saturated rings. The third-order valence-corrected chi connectivity index (χ3v) is 6.96. The first kappa shape index (κ1) is 23.8. The first-order chi connectivity index (χ1) is 16.0. The molecule has 2 aromatic rings. The molecule has 4 rings (SSSR count). The van der Waals surface area contributed by atoms with Gasteiger partial charge in [-0.3, -0.25) is 19.9 Å². The fourth-order valence-corrected chi connectivity index (χ4v) is 4.89. The molecule has 0 spiro atoms. The molecule has 33 heavy (non-hydrogen) atoms. The summed E-state index contributed by atoms with van der Waals surface area (Å²) < 4.78 is 0. The van der Waals surface area contributed by atoms with Crippen LogP contribution in [0, 0.1) is 10.1 Å². The first-order valence-electron chi connectivity index (χ1n) is 12.2. The lowest BCUT2D eigenvalue weighted by Crippen LogP contribution is -2.28. The van der Waals surface area contributed by atoms with Crippen LogP contribution in [0.3, 0.4) is 0 Å². The van der Waals surface area contributed by atoms with Crippen LogP contribution in [0.4, 0.5) is 5.69 Å². The van der Waals surface area contributed by atoms with Gasteiger partial charge in [0, 0.05) is 45.3 Å². The number of hydrogen-bond acceptors (Lipinski definition) is 6. The van der Waals surface area contributed by atoms with Crippen molar-refractivity contribution in [3.63, 3.8) is 0 Å². The van der Waals surface area contributed by atoms with Crippen molar-refractivity contribution in [1.82, 2.24) is 19.6 Å². The Morgan fingerprint density at radius 1 is 0.727 bits per heavy atom. The number of benzene rings is 2. The molecule has 7 heteroatoms. The summed E-state index contributed by atoms with van der Waals surface area (Å²) in [6.45, 7) is 10.3. The lowest BCUT2D eigenvalue weighted by atomic mass is 10.00. The van der Waals surface area contributed by atoms with Crippen molar-refractivity contribution in [2.45, 2.75) is 25.9 Å². The third kappa shape index (κ3) is 6.60. The van der Waals surface area contributed by atoms with Gasteiger partial charge in [0.1, 0.15) is 0 Å². The molecule has 0 saturated carbocycles. The van der Waals surface area contributed by atoms with Gasteiger partial charge in [-0.1, -0.05) is 30.3 Å². The zero-order chi connectivity index (χ0) is 23.2. The van der Waals surface area contributed by atoms with Gasteiger partial charge in [-0.2, -0.15) is 0 Å². The maximum atomic E-state index is 11.9. The highest BCUT2D eigenvalue weighted by Gasteiger charge is 2.19. The van der Waals surface area contributed by atoms with Crippen LogP contribution in [0.5, 0.6) is 0 Å². The number of hydrogen-bond donors (Lipinski definition) is 0. The van der Waals surface area contributed by atoms with Crippen molar-refractivity contribution in [2.24, 2.45) is 0 Å². The minimum absolute atomic E-state index is 0.197. The molecular weight excluding hydrogens is 414 g/mol. The molecule has 2 aliphatic heterocycles. The number of nitro benzene ring substituents is 1. The summed E-state index contributed by atoms with van der Waals surface area (Å²) in [4.78, 5) is 21.3. The molecule has 0 unspecified atom stereocenters. The van der Waals surface area contributed by atoms with E-state index >= 15 is 0 Å². The van der Waals surface area contributed by atoms with Crippen molar-refractivity contribution < 1.29 is 4.92 Å². The number of likely N-dealkylation sites (N-methyl/N-ethyl adjacent to an activating group) is 2. The van der Waals surface area contributed by atoms with Crippen LogP contribution in [0.15, 0.2) is 42.5 Å². The average Bonchev–Trinajstić information content (AvgIpc) is 3.14. The minimum atomic E-state index is -0.239. The van der Waals surface area contributed by atoms with E-state index in [4.69, 9.17) is 0 Å². The van der Waals surface area contributed by atoms with E-state index in [1.807, 2.05) is 18.2 Å². The predicted molar refractivity (Wildman–Crippen MR) is 133 cm³/mol. The van der Waals surface area contributed by atoms with Crippen molar-refractivity contribution >= 4 is 5.69 Å². The topological polar surface area (TPSA) is 56.1 Å². The maximum Gasteiger partial charge on any atom is 0.277 e. The van der Waals surface area contributed by atoms with Crippen molar-refractivity contribution in [3.8, 4) is 11.1 Å². The SMILES string of the molecule is CN1CCCN(Cc2ccc(-c3ccc(CN4CCCN(C)CC4)cc3[N+](=O)[O-])cc2)CC1. The molecule has 178 valence electrons. The van der Waals surface area contributed by atoms with Gasteiger partial charge in [-0.05, 0) is 75.9 Å². The third-order valence-electron chi connectivity index (χ3n) is 6.96. The lowest BCUT2D eigenvalue weighted by molar-refractivity contribution is -0.384. The van der Waals surface area contributed by atoms with E-state index < -0.39 is 0 Å². The Bertz CT molecular complexity index is 933. The van der Waals surface area contributed by atoms with E-state index in [1.165, 1.54) is 12.0 Å². The van der Waals surface area contributed by atoms with Crippen LogP contribution in [0.2, 0.25) is 0 Å². The molecule has 0 aliphatic carbocycles. The minimum Gasteiger partial charge on any atom is -0.305 e. The number of nitro groups is 1. The van der Waals surface area contributed by atoms with Gasteiger partial charge in [0.2, 0.25) is 0 Å². The average molecular weight is 452 g/mol. The molecule has 0 radical (unpaired) electrons. The molecule has 2 saturated heterocycles. The molecule has 0 bridgehead atoms. The van der Waals surface area contributed by atoms with Crippen molar-refractivity contribution in [1.29, 1.82) is 0 Å². The zero-order valence-electron chi connectivity index (χ0n) is 20.1. The maximum absolute atomic E-state index is 11.9. The van der Waals surface area contributed by atoms with Gasteiger partial charge in [0.25, 0.3) is 5.69 Å². The second-order valence-corrected chi connectivity index (χ2v) is 9.67. The highest BCUT2D eigenvalue weighted by atomic mass is 16.6. The molecule has 0 aromatic heterocycles. The summed E-state index contributed by atoms with van der Waals surface area (Å²) in [5.41, 5.74) is 4.07. The van der Waals surface area contributed by atoms with E-state index in [-0.39, 0.29) is 10.6 Å². The predicted octanol–water partition coefficient (Wildman–Crippen LogP) is 3.54. The number of rotatable bonds is 6. The van der Waals surface area contributed by atoms with Gasteiger partial charge < -0.3 is 9.80 Å². The van der Waals surface area contributed by atoms with Crippen LogP contribution in [0.25, 0.3) is 11.1 Å². The second-order valence-electron chi connectivity index (χ2n) is 9.67. The number of nitrogens with zero attached hydrogens (tertiary/aromatic N) is 5. The normalized spacial score (nSPS) is 19.8. The Balaban J connectivity index is 1.45. The Labute approximate surface area is 197 Å². The summed E-state index contributed by atoms with van der Waals surface area (Å²) in [7, 11) is 4.34.